The predicted octanol–water partition coefficient (Wildman–Crippen LogP) is 3.35. The molecule has 130 valence electrons. The van der Waals surface area contributed by atoms with Crippen molar-refractivity contribution in [1.82, 2.24) is 10.6 Å². The van der Waals surface area contributed by atoms with Gasteiger partial charge in [0.05, 0.1) is 0 Å². The second kappa shape index (κ2) is 8.03. The van der Waals surface area contributed by atoms with Crippen molar-refractivity contribution in [3.8, 4) is 0 Å². The molecule has 2 aromatic carbocycles. The lowest BCUT2D eigenvalue weighted by Crippen LogP contribution is -2.49. The summed E-state index contributed by atoms with van der Waals surface area (Å²) in [5.41, 5.74) is 1.56. The minimum Gasteiger partial charge on any atom is -0.352 e. The van der Waals surface area contributed by atoms with E-state index in [0.29, 0.717) is 17.1 Å². The lowest BCUT2D eigenvalue weighted by Gasteiger charge is -2.19. The van der Waals surface area contributed by atoms with E-state index < -0.39 is 12.1 Å². The molecule has 0 spiro atoms. The average molecular weight is 358 g/mol. The first-order chi connectivity index (χ1) is 12.1. The highest BCUT2D eigenvalue weighted by molar-refractivity contribution is 6.30. The number of urea groups is 1. The largest absolute Gasteiger partial charge is 0.352 e. The van der Waals surface area contributed by atoms with E-state index in [9.17, 15) is 9.59 Å². The molecule has 0 unspecified atom stereocenters. The number of rotatable bonds is 6. The first-order valence-corrected chi connectivity index (χ1v) is 8.65. The molecule has 1 atom stereocenters. The molecule has 3 amide bonds. The van der Waals surface area contributed by atoms with Crippen molar-refractivity contribution in [2.75, 3.05) is 5.32 Å². The molecule has 25 heavy (non-hydrogen) atoms. The minimum absolute atomic E-state index is 0.160. The molecule has 3 rings (SSSR count). The molecule has 0 bridgehead atoms. The first kappa shape index (κ1) is 17.3. The van der Waals surface area contributed by atoms with E-state index in [-0.39, 0.29) is 11.9 Å². The summed E-state index contributed by atoms with van der Waals surface area (Å²) in [5, 5.41) is 8.95. The van der Waals surface area contributed by atoms with Gasteiger partial charge in [-0.05, 0) is 36.6 Å². The molecule has 1 fully saturated rings. The van der Waals surface area contributed by atoms with Gasteiger partial charge in [-0.15, -0.1) is 0 Å². The van der Waals surface area contributed by atoms with Gasteiger partial charge in [-0.2, -0.15) is 0 Å². The highest BCUT2D eigenvalue weighted by Gasteiger charge is 2.28. The zero-order valence-corrected chi connectivity index (χ0v) is 14.4. The molecule has 2 aromatic rings. The molecular weight excluding hydrogens is 338 g/mol. The van der Waals surface area contributed by atoms with Crippen molar-refractivity contribution < 1.29 is 9.59 Å². The Morgan fingerprint density at radius 3 is 2.52 bits per heavy atom. The fraction of sp³-hybridized carbons (Fsp3) is 0.263. The van der Waals surface area contributed by atoms with Crippen molar-refractivity contribution >= 4 is 29.2 Å². The van der Waals surface area contributed by atoms with Crippen molar-refractivity contribution in [2.24, 2.45) is 0 Å². The molecule has 0 heterocycles. The molecule has 3 N–H and O–H groups in total. The van der Waals surface area contributed by atoms with Gasteiger partial charge in [-0.1, -0.05) is 48.0 Å². The Bertz CT molecular complexity index is 747. The number of halogens is 1. The van der Waals surface area contributed by atoms with Crippen LogP contribution in [0.2, 0.25) is 5.02 Å². The summed E-state index contributed by atoms with van der Waals surface area (Å²) < 4.78 is 0. The molecule has 0 aliphatic heterocycles. The number of hydrogen-bond donors (Lipinski definition) is 3. The Morgan fingerprint density at radius 2 is 1.84 bits per heavy atom. The zero-order valence-electron chi connectivity index (χ0n) is 13.7. The molecule has 0 aromatic heterocycles. The SMILES string of the molecule is O=C(Nc1cccc(Cl)c1)N[C@H](Cc1ccccc1)C(=O)NC1CC1. The van der Waals surface area contributed by atoms with Crippen molar-refractivity contribution in [3.05, 3.63) is 65.2 Å². The van der Waals surface area contributed by atoms with E-state index in [1.54, 1.807) is 24.3 Å². The van der Waals surface area contributed by atoms with Gasteiger partial charge in [-0.3, -0.25) is 4.79 Å². The molecule has 6 heteroatoms. The summed E-state index contributed by atoms with van der Waals surface area (Å²) in [4.78, 5) is 24.8. The maximum Gasteiger partial charge on any atom is 0.319 e. The Morgan fingerprint density at radius 1 is 1.08 bits per heavy atom. The topological polar surface area (TPSA) is 70.2 Å². The van der Waals surface area contributed by atoms with Crippen LogP contribution in [0.5, 0.6) is 0 Å². The van der Waals surface area contributed by atoms with Crippen LogP contribution in [0, 0.1) is 0 Å². The molecule has 0 saturated heterocycles. The number of carbonyl (C=O) groups is 2. The maximum absolute atomic E-state index is 12.5. The van der Waals surface area contributed by atoms with Crippen LogP contribution in [-0.4, -0.2) is 24.0 Å². The lowest BCUT2D eigenvalue weighted by molar-refractivity contribution is -0.123. The third kappa shape index (κ3) is 5.50. The van der Waals surface area contributed by atoms with Crippen molar-refractivity contribution in [2.45, 2.75) is 31.3 Å². The van der Waals surface area contributed by atoms with Crippen molar-refractivity contribution in [1.29, 1.82) is 0 Å². The summed E-state index contributed by atoms with van der Waals surface area (Å²) in [6, 6.07) is 15.7. The highest BCUT2D eigenvalue weighted by Crippen LogP contribution is 2.19. The number of amides is 3. The normalized spacial score (nSPS) is 14.4. The number of anilines is 1. The summed E-state index contributed by atoms with van der Waals surface area (Å²) >= 11 is 5.92. The van der Waals surface area contributed by atoms with Crippen LogP contribution in [0.3, 0.4) is 0 Å². The number of nitrogens with one attached hydrogen (secondary N) is 3. The summed E-state index contributed by atoms with van der Waals surface area (Å²) in [7, 11) is 0. The first-order valence-electron chi connectivity index (χ1n) is 8.27. The second-order valence-corrected chi connectivity index (χ2v) is 6.57. The average Bonchev–Trinajstić information content (AvgIpc) is 3.39. The Kier molecular flexibility index (Phi) is 5.56. The highest BCUT2D eigenvalue weighted by atomic mass is 35.5. The van der Waals surface area contributed by atoms with Crippen LogP contribution in [-0.2, 0) is 11.2 Å². The molecule has 0 radical (unpaired) electrons. The van der Waals surface area contributed by atoms with Gasteiger partial charge in [0.1, 0.15) is 6.04 Å². The van der Waals surface area contributed by atoms with E-state index in [0.717, 1.165) is 18.4 Å². The van der Waals surface area contributed by atoms with E-state index >= 15 is 0 Å². The van der Waals surface area contributed by atoms with Gasteiger partial charge >= 0.3 is 6.03 Å². The minimum atomic E-state index is -0.637. The standard InChI is InChI=1S/C19H20ClN3O2/c20-14-7-4-8-16(12-14)22-19(25)23-17(18(24)21-15-9-10-15)11-13-5-2-1-3-6-13/h1-8,12,15,17H,9-11H2,(H,21,24)(H2,22,23,25)/t17-/m1/s1. The molecule has 5 nitrogen and oxygen atoms in total. The van der Waals surface area contributed by atoms with Crippen LogP contribution in [0.1, 0.15) is 18.4 Å². The fourth-order valence-electron chi connectivity index (χ4n) is 2.48. The van der Waals surface area contributed by atoms with Crippen LogP contribution in [0.4, 0.5) is 10.5 Å². The molecule has 1 saturated carbocycles. The third-order valence-electron chi connectivity index (χ3n) is 3.91. The summed E-state index contributed by atoms with van der Waals surface area (Å²) in [6.45, 7) is 0. The summed E-state index contributed by atoms with van der Waals surface area (Å²) in [6.07, 6.45) is 2.43. The number of benzene rings is 2. The van der Waals surface area contributed by atoms with E-state index in [1.807, 2.05) is 30.3 Å². The van der Waals surface area contributed by atoms with Gasteiger partial charge in [0.25, 0.3) is 0 Å². The van der Waals surface area contributed by atoms with E-state index in [1.165, 1.54) is 0 Å². The number of hydrogen-bond acceptors (Lipinski definition) is 2. The molecule has 1 aliphatic carbocycles. The molecule has 1 aliphatic rings. The number of carbonyl (C=O) groups excluding carboxylic acids is 2. The summed E-state index contributed by atoms with van der Waals surface area (Å²) in [5.74, 6) is -0.160. The zero-order chi connectivity index (χ0) is 17.6. The second-order valence-electron chi connectivity index (χ2n) is 6.13. The monoisotopic (exact) mass is 357 g/mol. The maximum atomic E-state index is 12.5. The van der Waals surface area contributed by atoms with Crippen LogP contribution < -0.4 is 16.0 Å². The van der Waals surface area contributed by atoms with Gasteiger partial charge in [0.2, 0.25) is 5.91 Å². The third-order valence-corrected chi connectivity index (χ3v) is 4.15. The molecular formula is C19H20ClN3O2. The Hall–Kier alpha value is -2.53. The quantitative estimate of drug-likeness (QED) is 0.742. The van der Waals surface area contributed by atoms with Crippen LogP contribution in [0.15, 0.2) is 54.6 Å². The van der Waals surface area contributed by atoms with Crippen LogP contribution >= 0.6 is 11.6 Å². The van der Waals surface area contributed by atoms with Crippen LogP contribution in [0.25, 0.3) is 0 Å². The van der Waals surface area contributed by atoms with Gasteiger partial charge in [0.15, 0.2) is 0 Å². The van der Waals surface area contributed by atoms with E-state index in [2.05, 4.69) is 16.0 Å². The van der Waals surface area contributed by atoms with Gasteiger partial charge in [0, 0.05) is 23.2 Å². The lowest BCUT2D eigenvalue weighted by atomic mass is 10.1. The smallest absolute Gasteiger partial charge is 0.319 e. The Balaban J connectivity index is 1.65. The van der Waals surface area contributed by atoms with E-state index in [4.69, 9.17) is 11.6 Å². The fourth-order valence-corrected chi connectivity index (χ4v) is 2.67. The van der Waals surface area contributed by atoms with Crippen molar-refractivity contribution in [3.63, 3.8) is 0 Å². The predicted molar refractivity (Wildman–Crippen MR) is 98.7 cm³/mol. The van der Waals surface area contributed by atoms with Gasteiger partial charge in [-0.25, -0.2) is 4.79 Å². The van der Waals surface area contributed by atoms with Gasteiger partial charge < -0.3 is 16.0 Å². The Labute approximate surface area is 151 Å².